The number of pyridine rings is 1. The minimum atomic E-state index is -0.425. The van der Waals surface area contributed by atoms with Crippen LogP contribution in [0.25, 0.3) is 0 Å². The molecule has 1 saturated heterocycles. The molecule has 0 aliphatic carbocycles. The van der Waals surface area contributed by atoms with Gasteiger partial charge >= 0.3 is 11.7 Å². The number of ether oxygens (including phenoxy) is 1. The van der Waals surface area contributed by atoms with Gasteiger partial charge in [0.1, 0.15) is 0 Å². The molecule has 1 aromatic heterocycles. The summed E-state index contributed by atoms with van der Waals surface area (Å²) in [7, 11) is 1.35. The molecule has 0 bridgehead atoms. The zero-order valence-corrected chi connectivity index (χ0v) is 12.2. The molecule has 1 aliphatic rings. The molecule has 2 heterocycles. The van der Waals surface area contributed by atoms with Crippen molar-refractivity contribution in [3.05, 3.63) is 27.9 Å². The van der Waals surface area contributed by atoms with Crippen molar-refractivity contribution in [2.45, 2.75) is 38.6 Å². The summed E-state index contributed by atoms with van der Waals surface area (Å²) in [6.07, 6.45) is 2.97. The van der Waals surface area contributed by atoms with E-state index < -0.39 is 4.92 Å². The lowest BCUT2D eigenvalue weighted by atomic mass is 9.99. The first-order valence-corrected chi connectivity index (χ1v) is 6.98. The number of carbonyl (C=O) groups is 1. The van der Waals surface area contributed by atoms with Gasteiger partial charge in [-0.25, -0.2) is 4.98 Å². The Kier molecular flexibility index (Phi) is 4.72. The average molecular weight is 293 g/mol. The van der Waals surface area contributed by atoms with Crippen LogP contribution in [0, 0.1) is 17.0 Å². The van der Waals surface area contributed by atoms with Crippen LogP contribution in [0.5, 0.6) is 0 Å². The second-order valence-corrected chi connectivity index (χ2v) is 5.18. The molecule has 1 aromatic rings. The monoisotopic (exact) mass is 293 g/mol. The van der Waals surface area contributed by atoms with Crippen LogP contribution in [0.4, 0.5) is 11.5 Å². The molecular weight excluding hydrogens is 274 g/mol. The number of nitrogens with zero attached hydrogens (tertiary/aromatic N) is 3. The first kappa shape index (κ1) is 15.2. The van der Waals surface area contributed by atoms with Crippen LogP contribution in [0.2, 0.25) is 0 Å². The Hall–Kier alpha value is -2.18. The van der Waals surface area contributed by atoms with Crippen LogP contribution in [0.15, 0.2) is 12.1 Å². The van der Waals surface area contributed by atoms with E-state index in [-0.39, 0.29) is 24.1 Å². The van der Waals surface area contributed by atoms with Crippen LogP contribution in [0.1, 0.15) is 31.4 Å². The summed E-state index contributed by atoms with van der Waals surface area (Å²) in [4.78, 5) is 28.5. The molecule has 7 heteroatoms. The first-order valence-electron chi connectivity index (χ1n) is 6.98. The molecule has 0 radical (unpaired) electrons. The van der Waals surface area contributed by atoms with Gasteiger partial charge in [0.05, 0.1) is 18.5 Å². The van der Waals surface area contributed by atoms with Crippen molar-refractivity contribution in [3.8, 4) is 0 Å². The highest BCUT2D eigenvalue weighted by atomic mass is 16.6. The fraction of sp³-hybridized carbons (Fsp3) is 0.571. The van der Waals surface area contributed by atoms with Crippen LogP contribution in [0.3, 0.4) is 0 Å². The van der Waals surface area contributed by atoms with Crippen LogP contribution >= 0.6 is 0 Å². The Morgan fingerprint density at radius 2 is 2.29 bits per heavy atom. The number of anilines is 1. The summed E-state index contributed by atoms with van der Waals surface area (Å²) < 4.78 is 4.72. The maximum Gasteiger partial charge on any atom is 0.311 e. The third-order valence-electron chi connectivity index (χ3n) is 3.72. The number of piperidine rings is 1. The van der Waals surface area contributed by atoms with Crippen molar-refractivity contribution in [1.82, 2.24) is 4.98 Å². The highest BCUT2D eigenvalue weighted by Gasteiger charge is 2.31. The van der Waals surface area contributed by atoms with Crippen molar-refractivity contribution >= 4 is 17.5 Å². The number of aryl methyl sites for hydroxylation is 1. The summed E-state index contributed by atoms with van der Waals surface area (Å²) in [5.41, 5.74) is 0.704. The second kappa shape index (κ2) is 6.51. The largest absolute Gasteiger partial charge is 0.469 e. The lowest BCUT2D eigenvalue weighted by Gasteiger charge is -2.35. The summed E-state index contributed by atoms with van der Waals surface area (Å²) in [6.45, 7) is 2.46. The molecule has 21 heavy (non-hydrogen) atoms. The normalized spacial score (nSPS) is 18.4. The Balaban J connectivity index is 2.34. The second-order valence-electron chi connectivity index (χ2n) is 5.18. The lowest BCUT2D eigenvalue weighted by Crippen LogP contribution is -2.42. The molecule has 1 fully saturated rings. The third kappa shape index (κ3) is 3.48. The van der Waals surface area contributed by atoms with Gasteiger partial charge in [0.2, 0.25) is 5.82 Å². The maximum atomic E-state index is 11.5. The number of esters is 1. The zero-order valence-electron chi connectivity index (χ0n) is 12.2. The van der Waals surface area contributed by atoms with Gasteiger partial charge in [-0.1, -0.05) is 0 Å². The SMILES string of the molecule is COC(=O)CC1CCCCN1c1nc(C)ccc1[N+](=O)[O-]. The number of aromatic nitrogens is 1. The number of nitro groups is 1. The summed E-state index contributed by atoms with van der Waals surface area (Å²) in [5.74, 6) is 0.0517. The van der Waals surface area contributed by atoms with E-state index in [1.54, 1.807) is 13.0 Å². The van der Waals surface area contributed by atoms with E-state index >= 15 is 0 Å². The van der Waals surface area contributed by atoms with Crippen molar-refractivity contribution in [2.24, 2.45) is 0 Å². The van der Waals surface area contributed by atoms with Gasteiger partial charge in [0, 0.05) is 24.3 Å². The van der Waals surface area contributed by atoms with Gasteiger partial charge < -0.3 is 9.64 Å². The molecule has 1 aliphatic heterocycles. The Morgan fingerprint density at radius 1 is 1.52 bits per heavy atom. The molecule has 0 amide bonds. The van der Waals surface area contributed by atoms with E-state index in [1.165, 1.54) is 13.2 Å². The fourth-order valence-corrected chi connectivity index (χ4v) is 2.66. The van der Waals surface area contributed by atoms with E-state index in [0.29, 0.717) is 12.4 Å². The molecule has 0 aromatic carbocycles. The van der Waals surface area contributed by atoms with E-state index in [2.05, 4.69) is 4.98 Å². The van der Waals surface area contributed by atoms with Crippen molar-refractivity contribution in [2.75, 3.05) is 18.6 Å². The zero-order chi connectivity index (χ0) is 15.4. The van der Waals surface area contributed by atoms with Crippen LogP contribution in [-0.4, -0.2) is 35.6 Å². The number of rotatable bonds is 4. The Labute approximate surface area is 123 Å². The first-order chi connectivity index (χ1) is 10.0. The number of carbonyl (C=O) groups excluding carboxylic acids is 1. The van der Waals surface area contributed by atoms with Gasteiger partial charge in [-0.15, -0.1) is 0 Å². The minimum Gasteiger partial charge on any atom is -0.469 e. The predicted octanol–water partition coefficient (Wildman–Crippen LogP) is 2.22. The average Bonchev–Trinajstić information content (AvgIpc) is 2.47. The van der Waals surface area contributed by atoms with Crippen molar-refractivity contribution in [3.63, 3.8) is 0 Å². The summed E-state index contributed by atoms with van der Waals surface area (Å²) in [6, 6.07) is 3.00. The third-order valence-corrected chi connectivity index (χ3v) is 3.72. The molecule has 2 rings (SSSR count). The predicted molar refractivity (Wildman–Crippen MR) is 77.2 cm³/mol. The quantitative estimate of drug-likeness (QED) is 0.480. The van der Waals surface area contributed by atoms with Crippen LogP contribution in [-0.2, 0) is 9.53 Å². The van der Waals surface area contributed by atoms with Gasteiger partial charge in [-0.3, -0.25) is 14.9 Å². The van der Waals surface area contributed by atoms with E-state index in [4.69, 9.17) is 4.74 Å². The lowest BCUT2D eigenvalue weighted by molar-refractivity contribution is -0.384. The highest BCUT2D eigenvalue weighted by Crippen LogP contribution is 2.32. The highest BCUT2D eigenvalue weighted by molar-refractivity contribution is 5.71. The number of hydrogen-bond acceptors (Lipinski definition) is 6. The van der Waals surface area contributed by atoms with Gasteiger partial charge in [-0.05, 0) is 32.3 Å². The summed E-state index contributed by atoms with van der Waals surface area (Å²) in [5, 5.41) is 11.2. The Bertz CT molecular complexity index is 547. The van der Waals surface area contributed by atoms with E-state index in [9.17, 15) is 14.9 Å². The smallest absolute Gasteiger partial charge is 0.311 e. The molecule has 1 atom stereocenters. The molecule has 114 valence electrons. The van der Waals surface area contributed by atoms with E-state index in [0.717, 1.165) is 25.0 Å². The van der Waals surface area contributed by atoms with Gasteiger partial charge in [0.15, 0.2) is 0 Å². The van der Waals surface area contributed by atoms with Gasteiger partial charge in [-0.2, -0.15) is 0 Å². The fourth-order valence-electron chi connectivity index (χ4n) is 2.66. The molecule has 0 N–H and O–H groups in total. The topological polar surface area (TPSA) is 85.6 Å². The molecule has 7 nitrogen and oxygen atoms in total. The molecule has 0 saturated carbocycles. The number of hydrogen-bond donors (Lipinski definition) is 0. The molecule has 1 unspecified atom stereocenters. The standard InChI is InChI=1S/C14H19N3O4/c1-10-6-7-12(17(19)20)14(15-10)16-8-4-3-5-11(16)9-13(18)21-2/h6-7,11H,3-5,8-9H2,1-2H3. The minimum absolute atomic E-state index is 0.0163. The van der Waals surface area contributed by atoms with Gasteiger partial charge in [0.25, 0.3) is 0 Å². The Morgan fingerprint density at radius 3 is 2.95 bits per heavy atom. The molecular formula is C14H19N3O4. The van der Waals surface area contributed by atoms with Crippen LogP contribution < -0.4 is 4.90 Å². The summed E-state index contributed by atoms with van der Waals surface area (Å²) >= 11 is 0. The van der Waals surface area contributed by atoms with Crippen molar-refractivity contribution < 1.29 is 14.5 Å². The molecule has 0 spiro atoms. The number of methoxy groups -OCH3 is 1. The van der Waals surface area contributed by atoms with Crippen molar-refractivity contribution in [1.29, 1.82) is 0 Å². The van der Waals surface area contributed by atoms with E-state index in [1.807, 2.05) is 4.90 Å². The maximum absolute atomic E-state index is 11.5.